The highest BCUT2D eigenvalue weighted by Crippen LogP contribution is 2.42. The molecule has 0 aliphatic carbocycles. The number of halogens is 2. The van der Waals surface area contributed by atoms with E-state index < -0.39 is 12.0 Å². The van der Waals surface area contributed by atoms with Gasteiger partial charge in [-0.25, -0.2) is 4.79 Å². The zero-order valence-corrected chi connectivity index (χ0v) is 15.6. The van der Waals surface area contributed by atoms with Crippen LogP contribution < -0.4 is 0 Å². The molecule has 1 fully saturated rings. The maximum atomic E-state index is 13.1. The Hall–Kier alpha value is -1.69. The molecular formula is C18H15Cl2NO3S. The Balaban J connectivity index is 2.00. The molecule has 2 unspecified atom stereocenters. The van der Waals surface area contributed by atoms with Gasteiger partial charge in [0.15, 0.2) is 0 Å². The number of amides is 1. The van der Waals surface area contributed by atoms with Crippen molar-refractivity contribution in [3.05, 3.63) is 69.7 Å². The molecule has 0 aromatic heterocycles. The number of rotatable bonds is 3. The first-order valence-electron chi connectivity index (χ1n) is 7.55. The number of esters is 1. The fourth-order valence-electron chi connectivity index (χ4n) is 2.72. The third-order valence-corrected chi connectivity index (χ3v) is 6.02. The summed E-state index contributed by atoms with van der Waals surface area (Å²) < 4.78 is 4.88. The molecule has 0 N–H and O–H groups in total. The summed E-state index contributed by atoms with van der Waals surface area (Å²) in [5.74, 6) is -0.244. The third kappa shape index (κ3) is 3.64. The van der Waals surface area contributed by atoms with Gasteiger partial charge in [-0.3, -0.25) is 4.79 Å². The highest BCUT2D eigenvalue weighted by atomic mass is 35.5. The van der Waals surface area contributed by atoms with Crippen molar-refractivity contribution in [2.24, 2.45) is 0 Å². The van der Waals surface area contributed by atoms with Crippen LogP contribution in [-0.4, -0.2) is 35.7 Å². The summed E-state index contributed by atoms with van der Waals surface area (Å²) in [6.45, 7) is 0. The largest absolute Gasteiger partial charge is 0.467 e. The van der Waals surface area contributed by atoms with E-state index in [0.29, 0.717) is 21.4 Å². The zero-order chi connectivity index (χ0) is 18.0. The van der Waals surface area contributed by atoms with E-state index in [1.54, 1.807) is 17.0 Å². The minimum atomic E-state index is -0.651. The summed E-state index contributed by atoms with van der Waals surface area (Å²) in [7, 11) is 1.32. The van der Waals surface area contributed by atoms with Crippen LogP contribution in [0.15, 0.2) is 48.5 Å². The molecule has 130 valence electrons. The Labute approximate surface area is 160 Å². The standard InChI is InChI=1S/C18H15Cl2NO3S/c1-24-18(23)15-10-25-17(11-5-3-2-4-6-11)21(15)16(22)12-7-8-13(19)14(20)9-12/h2-9,15,17H,10H2,1H3. The topological polar surface area (TPSA) is 46.6 Å². The second-order valence-electron chi connectivity index (χ2n) is 5.48. The first kappa shape index (κ1) is 18.1. The number of benzene rings is 2. The van der Waals surface area contributed by atoms with Crippen molar-refractivity contribution in [2.45, 2.75) is 11.4 Å². The summed E-state index contributed by atoms with van der Waals surface area (Å²) >= 11 is 13.5. The Bertz CT molecular complexity index is 800. The highest BCUT2D eigenvalue weighted by Gasteiger charge is 2.43. The van der Waals surface area contributed by atoms with Crippen LogP contribution in [0.4, 0.5) is 0 Å². The molecule has 2 aromatic rings. The molecular weight excluding hydrogens is 381 g/mol. The van der Waals surface area contributed by atoms with Crippen LogP contribution in [-0.2, 0) is 9.53 Å². The van der Waals surface area contributed by atoms with Crippen molar-refractivity contribution < 1.29 is 14.3 Å². The van der Waals surface area contributed by atoms with Gasteiger partial charge in [-0.2, -0.15) is 0 Å². The van der Waals surface area contributed by atoms with Crippen LogP contribution in [0.5, 0.6) is 0 Å². The first-order valence-corrected chi connectivity index (χ1v) is 9.35. The van der Waals surface area contributed by atoms with E-state index in [2.05, 4.69) is 0 Å². The van der Waals surface area contributed by atoms with E-state index in [1.165, 1.54) is 24.9 Å². The lowest BCUT2D eigenvalue weighted by Crippen LogP contribution is -2.43. The molecule has 3 rings (SSSR count). The number of ether oxygens (including phenoxy) is 1. The van der Waals surface area contributed by atoms with Crippen LogP contribution in [0.1, 0.15) is 21.3 Å². The molecule has 0 radical (unpaired) electrons. The van der Waals surface area contributed by atoms with Gasteiger partial charge in [0.25, 0.3) is 5.91 Å². The monoisotopic (exact) mass is 395 g/mol. The van der Waals surface area contributed by atoms with Crippen molar-refractivity contribution in [1.82, 2.24) is 4.90 Å². The third-order valence-electron chi connectivity index (χ3n) is 3.96. The van der Waals surface area contributed by atoms with Gasteiger partial charge in [-0.1, -0.05) is 53.5 Å². The molecule has 0 bridgehead atoms. The fraction of sp³-hybridized carbons (Fsp3) is 0.222. The molecule has 1 amide bonds. The fourth-order valence-corrected chi connectivity index (χ4v) is 4.44. The summed E-state index contributed by atoms with van der Waals surface area (Å²) in [5, 5.41) is 0.399. The van der Waals surface area contributed by atoms with Crippen molar-refractivity contribution >= 4 is 46.8 Å². The number of thioether (sulfide) groups is 1. The lowest BCUT2D eigenvalue weighted by molar-refractivity contribution is -0.145. The Morgan fingerprint density at radius 2 is 1.84 bits per heavy atom. The average Bonchev–Trinajstić information content (AvgIpc) is 3.08. The van der Waals surface area contributed by atoms with Crippen molar-refractivity contribution in [3.63, 3.8) is 0 Å². The lowest BCUT2D eigenvalue weighted by Gasteiger charge is -2.28. The van der Waals surface area contributed by atoms with Gasteiger partial charge in [0, 0.05) is 11.3 Å². The smallest absolute Gasteiger partial charge is 0.329 e. The van der Waals surface area contributed by atoms with Crippen LogP contribution in [0.25, 0.3) is 0 Å². The normalized spacial score (nSPS) is 19.7. The second-order valence-corrected chi connectivity index (χ2v) is 7.40. The van der Waals surface area contributed by atoms with Gasteiger partial charge >= 0.3 is 5.97 Å². The molecule has 1 saturated heterocycles. The minimum absolute atomic E-state index is 0.271. The number of carbonyl (C=O) groups is 2. The molecule has 0 spiro atoms. The van der Waals surface area contributed by atoms with Crippen LogP contribution in [0, 0.1) is 0 Å². The maximum absolute atomic E-state index is 13.1. The zero-order valence-electron chi connectivity index (χ0n) is 13.3. The Morgan fingerprint density at radius 1 is 1.12 bits per heavy atom. The predicted octanol–water partition coefficient (Wildman–Crippen LogP) is 4.42. The SMILES string of the molecule is COC(=O)C1CSC(c2ccccc2)N1C(=O)c1ccc(Cl)c(Cl)c1. The Kier molecular flexibility index (Phi) is 5.57. The van der Waals surface area contributed by atoms with Gasteiger partial charge in [-0.15, -0.1) is 11.8 Å². The average molecular weight is 396 g/mol. The van der Waals surface area contributed by atoms with Gasteiger partial charge in [0.1, 0.15) is 11.4 Å². The van der Waals surface area contributed by atoms with Gasteiger partial charge < -0.3 is 9.64 Å². The van der Waals surface area contributed by atoms with Crippen LogP contribution in [0.2, 0.25) is 10.0 Å². The van der Waals surface area contributed by atoms with E-state index in [4.69, 9.17) is 27.9 Å². The molecule has 7 heteroatoms. The summed E-state index contributed by atoms with van der Waals surface area (Å²) in [4.78, 5) is 26.9. The number of carbonyl (C=O) groups excluding carboxylic acids is 2. The summed E-state index contributed by atoms with van der Waals surface area (Å²) in [6, 6.07) is 13.6. The minimum Gasteiger partial charge on any atom is -0.467 e. The van der Waals surface area contributed by atoms with Crippen LogP contribution in [0.3, 0.4) is 0 Å². The van der Waals surface area contributed by atoms with E-state index in [9.17, 15) is 9.59 Å². The molecule has 1 aliphatic rings. The van der Waals surface area contributed by atoms with Crippen molar-refractivity contribution in [1.29, 1.82) is 0 Å². The number of hydrogen-bond acceptors (Lipinski definition) is 4. The molecule has 1 aliphatic heterocycles. The molecule has 1 heterocycles. The molecule has 2 atom stereocenters. The number of nitrogens with zero attached hydrogens (tertiary/aromatic N) is 1. The van der Waals surface area contributed by atoms with Gasteiger partial charge in [-0.05, 0) is 23.8 Å². The van der Waals surface area contributed by atoms with Crippen molar-refractivity contribution in [3.8, 4) is 0 Å². The summed E-state index contributed by atoms with van der Waals surface area (Å²) in [5.41, 5.74) is 1.33. The molecule has 4 nitrogen and oxygen atoms in total. The maximum Gasteiger partial charge on any atom is 0.329 e. The second kappa shape index (κ2) is 7.68. The first-order chi connectivity index (χ1) is 12.0. The van der Waals surface area contributed by atoms with E-state index >= 15 is 0 Å². The van der Waals surface area contributed by atoms with E-state index in [-0.39, 0.29) is 11.3 Å². The molecule has 25 heavy (non-hydrogen) atoms. The molecule has 0 saturated carbocycles. The lowest BCUT2D eigenvalue weighted by atomic mass is 10.1. The number of methoxy groups -OCH3 is 1. The summed E-state index contributed by atoms with van der Waals surface area (Å²) in [6.07, 6.45) is 0. The van der Waals surface area contributed by atoms with Crippen molar-refractivity contribution in [2.75, 3.05) is 12.9 Å². The van der Waals surface area contributed by atoms with Gasteiger partial charge in [0.05, 0.1) is 17.2 Å². The van der Waals surface area contributed by atoms with Crippen LogP contribution >= 0.6 is 35.0 Å². The van der Waals surface area contributed by atoms with E-state index in [1.807, 2.05) is 30.3 Å². The highest BCUT2D eigenvalue weighted by molar-refractivity contribution is 7.99. The predicted molar refractivity (Wildman–Crippen MR) is 100 cm³/mol. The Morgan fingerprint density at radius 3 is 2.48 bits per heavy atom. The quantitative estimate of drug-likeness (QED) is 0.721. The number of hydrogen-bond donors (Lipinski definition) is 0. The van der Waals surface area contributed by atoms with Gasteiger partial charge in [0.2, 0.25) is 0 Å². The van der Waals surface area contributed by atoms with E-state index in [0.717, 1.165) is 5.56 Å². The molecule has 2 aromatic carbocycles.